The van der Waals surface area contributed by atoms with Crippen molar-refractivity contribution in [3.8, 4) is 11.8 Å². The molecule has 0 unspecified atom stereocenters. The van der Waals surface area contributed by atoms with Gasteiger partial charge in [-0.2, -0.15) is 0 Å². The zero-order valence-electron chi connectivity index (χ0n) is 7.20. The first-order chi connectivity index (χ1) is 6.24. The van der Waals surface area contributed by atoms with Gasteiger partial charge in [0.15, 0.2) is 6.29 Å². The van der Waals surface area contributed by atoms with E-state index < -0.39 is 0 Å². The van der Waals surface area contributed by atoms with E-state index in [0.717, 1.165) is 6.29 Å². The van der Waals surface area contributed by atoms with Crippen molar-refractivity contribution in [2.45, 2.75) is 6.92 Å². The van der Waals surface area contributed by atoms with Gasteiger partial charge in [0.2, 0.25) is 5.78 Å². The van der Waals surface area contributed by atoms with Crippen molar-refractivity contribution in [2.75, 3.05) is 0 Å². The van der Waals surface area contributed by atoms with Crippen LogP contribution in [0.5, 0.6) is 0 Å². The maximum Gasteiger partial charge on any atom is 0.202 e. The molecule has 0 fully saturated rings. The molecule has 0 aliphatic rings. The molecule has 0 aromatic heterocycles. The molecule has 1 rings (SSSR count). The first-order valence-corrected chi connectivity index (χ1v) is 3.81. The lowest BCUT2D eigenvalue weighted by molar-refractivity contribution is -0.111. The highest BCUT2D eigenvalue weighted by Crippen LogP contribution is 2.03. The van der Waals surface area contributed by atoms with Gasteiger partial charge in [0.1, 0.15) is 0 Å². The molecular formula is C11H8O2. The Labute approximate surface area is 76.6 Å². The molecule has 0 saturated carbocycles. The Bertz CT molecular complexity index is 394. The van der Waals surface area contributed by atoms with Gasteiger partial charge in [-0.05, 0) is 12.0 Å². The molecular weight excluding hydrogens is 164 g/mol. The number of rotatable bonds is 1. The molecule has 0 saturated heterocycles. The fourth-order valence-corrected chi connectivity index (χ4v) is 0.869. The van der Waals surface area contributed by atoms with Crippen molar-refractivity contribution >= 4 is 12.1 Å². The average Bonchev–Trinajstić information content (AvgIpc) is 2.15. The molecule has 1 aromatic carbocycles. The average molecular weight is 172 g/mol. The Morgan fingerprint density at radius 3 is 2.69 bits per heavy atom. The summed E-state index contributed by atoms with van der Waals surface area (Å²) in [5.74, 6) is 4.81. The van der Waals surface area contributed by atoms with Gasteiger partial charge >= 0.3 is 0 Å². The number of hydrogen-bond acceptors (Lipinski definition) is 2. The zero-order chi connectivity index (χ0) is 9.68. The number of ketones is 1. The first-order valence-electron chi connectivity index (χ1n) is 3.81. The van der Waals surface area contributed by atoms with Crippen LogP contribution in [0.15, 0.2) is 24.3 Å². The van der Waals surface area contributed by atoms with Gasteiger partial charge in [0, 0.05) is 18.1 Å². The number of carbonyl (C=O) groups is 2. The second-order valence-electron chi connectivity index (χ2n) is 2.51. The van der Waals surface area contributed by atoms with E-state index in [1.165, 1.54) is 6.92 Å². The van der Waals surface area contributed by atoms with Crippen molar-refractivity contribution in [1.82, 2.24) is 0 Å². The van der Waals surface area contributed by atoms with Gasteiger partial charge in [0.25, 0.3) is 0 Å². The summed E-state index contributed by atoms with van der Waals surface area (Å²) in [4.78, 5) is 21.1. The lowest BCUT2D eigenvalue weighted by atomic mass is 10.1. The van der Waals surface area contributed by atoms with E-state index in [0.29, 0.717) is 11.1 Å². The number of Topliss-reactive ketones (excluding diaryl/α,β-unsaturated/α-hetero) is 1. The number of carbonyl (C=O) groups excluding carboxylic acids is 2. The van der Waals surface area contributed by atoms with E-state index in [9.17, 15) is 9.59 Å². The molecule has 0 bridgehead atoms. The van der Waals surface area contributed by atoms with Gasteiger partial charge in [0.05, 0.1) is 0 Å². The van der Waals surface area contributed by atoms with E-state index in [2.05, 4.69) is 11.8 Å². The molecule has 0 heterocycles. The quantitative estimate of drug-likeness (QED) is 0.474. The molecule has 0 aliphatic carbocycles. The van der Waals surface area contributed by atoms with Gasteiger partial charge in [-0.3, -0.25) is 9.59 Å². The van der Waals surface area contributed by atoms with Crippen LogP contribution in [0.3, 0.4) is 0 Å². The number of aldehydes is 1. The fourth-order valence-electron chi connectivity index (χ4n) is 0.869. The van der Waals surface area contributed by atoms with E-state index in [-0.39, 0.29) is 5.78 Å². The molecule has 1 aromatic rings. The molecule has 0 amide bonds. The lowest BCUT2D eigenvalue weighted by Crippen LogP contribution is -1.87. The number of hydrogen-bond donors (Lipinski definition) is 0. The van der Waals surface area contributed by atoms with Crippen molar-refractivity contribution in [3.05, 3.63) is 35.4 Å². The zero-order valence-corrected chi connectivity index (χ0v) is 7.20. The highest BCUT2D eigenvalue weighted by atomic mass is 16.1. The first kappa shape index (κ1) is 9.21. The van der Waals surface area contributed by atoms with Crippen LogP contribution in [0.2, 0.25) is 0 Å². The summed E-state index contributed by atoms with van der Waals surface area (Å²) in [5.41, 5.74) is 1.10. The highest BCUT2D eigenvalue weighted by Gasteiger charge is 1.95. The Hall–Kier alpha value is -1.88. The fraction of sp³-hybridized carbons (Fsp3) is 0.0909. The summed E-state index contributed by atoms with van der Waals surface area (Å²) in [6, 6.07) is 6.90. The second-order valence-corrected chi connectivity index (χ2v) is 2.51. The summed E-state index contributed by atoms with van der Waals surface area (Å²) in [5, 5.41) is 0. The van der Waals surface area contributed by atoms with Crippen molar-refractivity contribution in [1.29, 1.82) is 0 Å². The third-order valence-electron chi connectivity index (χ3n) is 1.46. The van der Waals surface area contributed by atoms with Gasteiger partial charge in [-0.15, -0.1) is 0 Å². The van der Waals surface area contributed by atoms with Crippen LogP contribution in [0, 0.1) is 11.8 Å². The Kier molecular flexibility index (Phi) is 2.99. The highest BCUT2D eigenvalue weighted by molar-refractivity contribution is 5.94. The summed E-state index contributed by atoms with van der Waals surface area (Å²) in [6.07, 6.45) is 0.726. The topological polar surface area (TPSA) is 34.1 Å². The molecule has 13 heavy (non-hydrogen) atoms. The molecule has 64 valence electrons. The molecule has 0 spiro atoms. The molecule has 0 N–H and O–H groups in total. The van der Waals surface area contributed by atoms with E-state index >= 15 is 0 Å². The van der Waals surface area contributed by atoms with Crippen LogP contribution in [-0.4, -0.2) is 12.1 Å². The largest absolute Gasteiger partial charge is 0.298 e. The van der Waals surface area contributed by atoms with Crippen LogP contribution >= 0.6 is 0 Å². The maximum atomic E-state index is 10.6. The summed E-state index contributed by atoms with van der Waals surface area (Å²) in [7, 11) is 0. The molecule has 2 heteroatoms. The third-order valence-corrected chi connectivity index (χ3v) is 1.46. The minimum absolute atomic E-state index is 0.208. The monoisotopic (exact) mass is 172 g/mol. The van der Waals surface area contributed by atoms with Gasteiger partial charge < -0.3 is 0 Å². The number of benzene rings is 1. The smallest absolute Gasteiger partial charge is 0.202 e. The third kappa shape index (κ3) is 2.57. The minimum Gasteiger partial charge on any atom is -0.298 e. The Balaban J connectivity index is 3.09. The van der Waals surface area contributed by atoms with E-state index in [4.69, 9.17) is 0 Å². The predicted molar refractivity (Wildman–Crippen MR) is 49.4 cm³/mol. The van der Waals surface area contributed by atoms with Crippen molar-refractivity contribution in [2.24, 2.45) is 0 Å². The summed E-state index contributed by atoms with van der Waals surface area (Å²) < 4.78 is 0. The molecule has 0 aliphatic heterocycles. The van der Waals surface area contributed by atoms with E-state index in [1.54, 1.807) is 24.3 Å². The minimum atomic E-state index is -0.208. The predicted octanol–water partition coefficient (Wildman–Crippen LogP) is 1.44. The summed E-state index contributed by atoms with van der Waals surface area (Å²) in [6.45, 7) is 1.39. The standard InChI is InChI=1S/C11H8O2/c1-9(13)6-7-10-4-2-3-5-11(10)8-12/h2-5,8H,1H3. The van der Waals surface area contributed by atoms with Crippen LogP contribution in [-0.2, 0) is 4.79 Å². The second kappa shape index (κ2) is 4.22. The van der Waals surface area contributed by atoms with Crippen LogP contribution in [0.4, 0.5) is 0 Å². The van der Waals surface area contributed by atoms with Gasteiger partial charge in [-0.1, -0.05) is 24.1 Å². The lowest BCUT2D eigenvalue weighted by Gasteiger charge is -1.92. The van der Waals surface area contributed by atoms with Crippen molar-refractivity contribution in [3.63, 3.8) is 0 Å². The SMILES string of the molecule is CC(=O)C#Cc1ccccc1C=O. The maximum absolute atomic E-state index is 10.6. The van der Waals surface area contributed by atoms with Crippen LogP contribution < -0.4 is 0 Å². The normalized spacial score (nSPS) is 8.38. The summed E-state index contributed by atoms with van der Waals surface area (Å²) >= 11 is 0. The molecule has 2 nitrogen and oxygen atoms in total. The Morgan fingerprint density at radius 2 is 2.08 bits per heavy atom. The molecule has 0 radical (unpaired) electrons. The Morgan fingerprint density at radius 1 is 1.38 bits per heavy atom. The van der Waals surface area contributed by atoms with Crippen molar-refractivity contribution < 1.29 is 9.59 Å². The van der Waals surface area contributed by atoms with Crippen LogP contribution in [0.25, 0.3) is 0 Å². The molecule has 0 atom stereocenters. The van der Waals surface area contributed by atoms with Crippen LogP contribution in [0.1, 0.15) is 22.8 Å². The van der Waals surface area contributed by atoms with Gasteiger partial charge in [-0.25, -0.2) is 0 Å². The van der Waals surface area contributed by atoms with E-state index in [1.807, 2.05) is 0 Å².